The molecular weight excluding hydrogens is 296 g/mol. The number of halogens is 1. The minimum Gasteiger partial charge on any atom is -0.288 e. The second-order valence-corrected chi connectivity index (χ2v) is 6.03. The van der Waals surface area contributed by atoms with Crippen molar-refractivity contribution in [3.63, 3.8) is 0 Å². The molecule has 17 heavy (non-hydrogen) atoms. The second kappa shape index (κ2) is 5.23. The molecule has 1 nitrogen and oxygen atoms in total. The number of hydrogen-bond acceptors (Lipinski definition) is 2. The lowest BCUT2D eigenvalue weighted by atomic mass is 10.1. The predicted molar refractivity (Wildman–Crippen MR) is 77.4 cm³/mol. The van der Waals surface area contributed by atoms with Crippen molar-refractivity contribution in [3.05, 3.63) is 56.4 Å². The smallest absolute Gasteiger partial charge is 0.199 e. The van der Waals surface area contributed by atoms with Crippen molar-refractivity contribution in [1.82, 2.24) is 0 Å². The van der Waals surface area contributed by atoms with Crippen LogP contribution in [0.25, 0.3) is 0 Å². The van der Waals surface area contributed by atoms with Crippen LogP contribution in [0.3, 0.4) is 0 Å². The van der Waals surface area contributed by atoms with Gasteiger partial charge in [0.1, 0.15) is 0 Å². The second-order valence-electron chi connectivity index (χ2n) is 4.10. The van der Waals surface area contributed by atoms with E-state index in [1.165, 1.54) is 11.1 Å². The molecule has 0 N–H and O–H groups in total. The Morgan fingerprint density at radius 3 is 2.47 bits per heavy atom. The molecule has 0 atom stereocenters. The quantitative estimate of drug-likeness (QED) is 0.743. The highest BCUT2D eigenvalue weighted by atomic mass is 79.9. The van der Waals surface area contributed by atoms with Crippen molar-refractivity contribution in [1.29, 1.82) is 0 Å². The molecule has 3 heteroatoms. The van der Waals surface area contributed by atoms with Crippen LogP contribution in [0, 0.1) is 0 Å². The van der Waals surface area contributed by atoms with Crippen LogP contribution in [0.15, 0.2) is 50.9 Å². The van der Waals surface area contributed by atoms with E-state index in [9.17, 15) is 4.79 Å². The van der Waals surface area contributed by atoms with Crippen molar-refractivity contribution in [3.8, 4) is 0 Å². The molecule has 0 saturated carbocycles. The zero-order chi connectivity index (χ0) is 12.4. The molecule has 2 rings (SSSR count). The highest BCUT2D eigenvalue weighted by Crippen LogP contribution is 2.30. The highest BCUT2D eigenvalue weighted by Gasteiger charge is 2.16. The van der Waals surface area contributed by atoms with Crippen LogP contribution in [0.5, 0.6) is 0 Å². The van der Waals surface area contributed by atoms with Gasteiger partial charge in [0.05, 0.1) is 4.91 Å². The Hall–Kier alpha value is -0.800. The average molecular weight is 309 g/mol. The summed E-state index contributed by atoms with van der Waals surface area (Å²) in [5, 5.41) is 0. The van der Waals surface area contributed by atoms with Crippen LogP contribution >= 0.6 is 27.7 Å². The van der Waals surface area contributed by atoms with E-state index in [0.29, 0.717) is 0 Å². The summed E-state index contributed by atoms with van der Waals surface area (Å²) < 4.78 is 0.992. The maximum Gasteiger partial charge on any atom is 0.199 e. The molecule has 0 saturated heterocycles. The molecule has 0 unspecified atom stereocenters. The van der Waals surface area contributed by atoms with Crippen molar-refractivity contribution in [2.75, 3.05) is 5.75 Å². The number of carbonyl (C=O) groups excluding carboxylic acids is 1. The summed E-state index contributed by atoms with van der Waals surface area (Å²) in [4.78, 5) is 13.1. The van der Waals surface area contributed by atoms with E-state index in [1.807, 2.05) is 30.3 Å². The summed E-state index contributed by atoms with van der Waals surface area (Å²) in [5.41, 5.74) is 3.31. The van der Waals surface area contributed by atoms with Gasteiger partial charge in [0.15, 0.2) is 5.78 Å². The molecule has 1 aliphatic rings. The number of hydrogen-bond donors (Lipinski definition) is 0. The summed E-state index contributed by atoms with van der Waals surface area (Å²) in [7, 11) is 0. The van der Waals surface area contributed by atoms with E-state index in [2.05, 4.69) is 29.8 Å². The standard InChI is InChI=1S/C14H13BrOS/c1-9-7-13(17-8-10(9)2)14(16)11-3-5-12(15)6-4-11/h3-7H,8H2,1-2H3. The van der Waals surface area contributed by atoms with Crippen molar-refractivity contribution >= 4 is 33.5 Å². The van der Waals surface area contributed by atoms with Gasteiger partial charge in [-0.3, -0.25) is 4.79 Å². The Morgan fingerprint density at radius 2 is 1.88 bits per heavy atom. The summed E-state index contributed by atoms with van der Waals surface area (Å²) >= 11 is 4.99. The normalized spacial score (nSPS) is 15.8. The third-order valence-corrected chi connectivity index (χ3v) is 4.52. The van der Waals surface area contributed by atoms with Gasteiger partial charge in [0.25, 0.3) is 0 Å². The predicted octanol–water partition coefficient (Wildman–Crippen LogP) is 4.60. The fraction of sp³-hybridized carbons (Fsp3) is 0.214. The highest BCUT2D eigenvalue weighted by molar-refractivity contribution is 9.10. The lowest BCUT2D eigenvalue weighted by Gasteiger charge is -2.14. The number of rotatable bonds is 2. The molecule has 0 amide bonds. The lowest BCUT2D eigenvalue weighted by molar-refractivity contribution is 0.104. The Labute approximate surface area is 114 Å². The Bertz CT molecular complexity index is 512. The van der Waals surface area contributed by atoms with Crippen LogP contribution in [-0.2, 0) is 0 Å². The van der Waals surface area contributed by atoms with E-state index < -0.39 is 0 Å². The molecule has 1 aliphatic heterocycles. The summed E-state index contributed by atoms with van der Waals surface area (Å²) in [5.74, 6) is 1.04. The van der Waals surface area contributed by atoms with Crippen molar-refractivity contribution in [2.45, 2.75) is 13.8 Å². The molecule has 0 aromatic heterocycles. The summed E-state index contributed by atoms with van der Waals surface area (Å²) in [6, 6.07) is 7.51. The van der Waals surface area contributed by atoms with Crippen LogP contribution in [-0.4, -0.2) is 11.5 Å². The Morgan fingerprint density at radius 1 is 1.24 bits per heavy atom. The fourth-order valence-corrected chi connectivity index (χ4v) is 2.91. The number of allylic oxidation sites excluding steroid dienone is 3. The van der Waals surface area contributed by atoms with Gasteiger partial charge in [-0.25, -0.2) is 0 Å². The van der Waals surface area contributed by atoms with Gasteiger partial charge in [-0.05, 0) is 44.2 Å². The third kappa shape index (κ3) is 2.90. The SMILES string of the molecule is CC1=C(C)CSC(C(=O)c2ccc(Br)cc2)=C1. The first-order valence-corrected chi connectivity index (χ1v) is 7.17. The number of benzene rings is 1. The van der Waals surface area contributed by atoms with Gasteiger partial charge in [-0.2, -0.15) is 0 Å². The van der Waals surface area contributed by atoms with Crippen LogP contribution in [0.4, 0.5) is 0 Å². The zero-order valence-corrected chi connectivity index (χ0v) is 12.2. The maximum atomic E-state index is 12.2. The first-order chi connectivity index (χ1) is 8.08. The topological polar surface area (TPSA) is 17.1 Å². The van der Waals surface area contributed by atoms with E-state index in [1.54, 1.807) is 11.8 Å². The first-order valence-electron chi connectivity index (χ1n) is 5.39. The van der Waals surface area contributed by atoms with Gasteiger partial charge in [-0.15, -0.1) is 11.8 Å². The molecule has 1 aromatic carbocycles. The minimum absolute atomic E-state index is 0.120. The van der Waals surface area contributed by atoms with E-state index in [4.69, 9.17) is 0 Å². The third-order valence-electron chi connectivity index (χ3n) is 2.80. The maximum absolute atomic E-state index is 12.2. The van der Waals surface area contributed by atoms with Gasteiger partial charge in [-0.1, -0.05) is 27.1 Å². The van der Waals surface area contributed by atoms with E-state index in [0.717, 1.165) is 20.7 Å². The van der Waals surface area contributed by atoms with Crippen molar-refractivity contribution in [2.24, 2.45) is 0 Å². The van der Waals surface area contributed by atoms with E-state index >= 15 is 0 Å². The van der Waals surface area contributed by atoms with Crippen LogP contribution < -0.4 is 0 Å². The lowest BCUT2D eigenvalue weighted by Crippen LogP contribution is -2.05. The molecule has 0 aliphatic carbocycles. The number of Topliss-reactive ketones (excluding diaryl/α,β-unsaturated/α-hetero) is 1. The van der Waals surface area contributed by atoms with Gasteiger partial charge in [0.2, 0.25) is 0 Å². The first kappa shape index (κ1) is 12.7. The molecule has 0 radical (unpaired) electrons. The molecule has 0 fully saturated rings. The zero-order valence-electron chi connectivity index (χ0n) is 9.79. The number of thioether (sulfide) groups is 1. The molecule has 0 spiro atoms. The molecule has 0 bridgehead atoms. The average Bonchev–Trinajstić information content (AvgIpc) is 2.33. The minimum atomic E-state index is 0.120. The molecule has 1 aromatic rings. The largest absolute Gasteiger partial charge is 0.288 e. The van der Waals surface area contributed by atoms with Gasteiger partial charge < -0.3 is 0 Å². The fourth-order valence-electron chi connectivity index (χ4n) is 1.54. The Balaban J connectivity index is 2.27. The molecular formula is C14H13BrOS. The number of ketones is 1. The summed E-state index contributed by atoms with van der Waals surface area (Å²) in [6.45, 7) is 4.17. The van der Waals surface area contributed by atoms with Crippen LogP contribution in [0.1, 0.15) is 24.2 Å². The summed E-state index contributed by atoms with van der Waals surface area (Å²) in [6.07, 6.45) is 1.99. The Kier molecular flexibility index (Phi) is 3.89. The number of carbonyl (C=O) groups is 1. The van der Waals surface area contributed by atoms with E-state index in [-0.39, 0.29) is 5.78 Å². The monoisotopic (exact) mass is 308 g/mol. The molecule has 88 valence electrons. The van der Waals surface area contributed by atoms with Gasteiger partial charge in [0, 0.05) is 15.8 Å². The van der Waals surface area contributed by atoms with Gasteiger partial charge >= 0.3 is 0 Å². The van der Waals surface area contributed by atoms with Crippen LogP contribution in [0.2, 0.25) is 0 Å². The molecule has 1 heterocycles. The van der Waals surface area contributed by atoms with Crippen molar-refractivity contribution < 1.29 is 4.79 Å².